The Morgan fingerprint density at radius 3 is 2.88 bits per heavy atom. The number of pyridine rings is 1. The molecule has 3 rings (SSSR count). The van der Waals surface area contributed by atoms with Crippen molar-refractivity contribution in [2.24, 2.45) is 5.92 Å². The highest BCUT2D eigenvalue weighted by Gasteiger charge is 2.26. The first-order valence-electron chi connectivity index (χ1n) is 6.39. The van der Waals surface area contributed by atoms with Crippen molar-refractivity contribution in [2.75, 3.05) is 7.05 Å². The fraction of sp³-hybridized carbons (Fsp3) is 0.400. The van der Waals surface area contributed by atoms with Crippen molar-refractivity contribution in [1.82, 2.24) is 10.3 Å². The third kappa shape index (κ3) is 2.18. The molecule has 2 heteroatoms. The van der Waals surface area contributed by atoms with Crippen molar-refractivity contribution in [3.8, 4) is 0 Å². The van der Waals surface area contributed by atoms with Crippen molar-refractivity contribution >= 4 is 10.8 Å². The summed E-state index contributed by atoms with van der Waals surface area (Å²) < 4.78 is 0. The number of benzene rings is 1. The van der Waals surface area contributed by atoms with E-state index in [4.69, 9.17) is 0 Å². The van der Waals surface area contributed by atoms with Crippen LogP contribution < -0.4 is 5.32 Å². The number of nitrogens with zero attached hydrogens (tertiary/aromatic N) is 1. The number of nitrogens with one attached hydrogen (secondary N) is 1. The zero-order valence-electron chi connectivity index (χ0n) is 10.2. The van der Waals surface area contributed by atoms with Crippen LogP contribution in [0.25, 0.3) is 10.8 Å². The van der Waals surface area contributed by atoms with Crippen LogP contribution in [0.1, 0.15) is 31.0 Å². The van der Waals surface area contributed by atoms with Gasteiger partial charge in [0.2, 0.25) is 0 Å². The van der Waals surface area contributed by atoms with Crippen LogP contribution in [0.4, 0.5) is 0 Å². The highest BCUT2D eigenvalue weighted by Crippen LogP contribution is 2.38. The van der Waals surface area contributed by atoms with Crippen molar-refractivity contribution in [3.63, 3.8) is 0 Å². The Labute approximate surface area is 102 Å². The lowest BCUT2D eigenvalue weighted by atomic mass is 10.0. The third-order valence-electron chi connectivity index (χ3n) is 3.65. The quantitative estimate of drug-likeness (QED) is 0.865. The highest BCUT2D eigenvalue weighted by molar-refractivity contribution is 5.84. The molecule has 1 fully saturated rings. The van der Waals surface area contributed by atoms with Gasteiger partial charge in [-0.1, -0.05) is 37.1 Å². The van der Waals surface area contributed by atoms with Gasteiger partial charge in [-0.05, 0) is 30.8 Å². The zero-order chi connectivity index (χ0) is 11.7. The molecule has 1 aliphatic carbocycles. The molecule has 1 atom stereocenters. The first kappa shape index (κ1) is 10.7. The molecular formula is C15H18N2. The van der Waals surface area contributed by atoms with E-state index in [-0.39, 0.29) is 0 Å². The molecule has 0 radical (unpaired) electrons. The summed E-state index contributed by atoms with van der Waals surface area (Å²) in [5.74, 6) is 0.910. The fourth-order valence-electron chi connectivity index (χ4n) is 2.47. The number of hydrogen-bond acceptors (Lipinski definition) is 2. The average Bonchev–Trinajstić information content (AvgIpc) is 3.19. The summed E-state index contributed by atoms with van der Waals surface area (Å²) in [5, 5.41) is 5.99. The number of fused-ring (bicyclic) bond motifs is 1. The maximum absolute atomic E-state index is 4.60. The van der Waals surface area contributed by atoms with E-state index in [1.165, 1.54) is 35.7 Å². The molecule has 1 aromatic carbocycles. The molecule has 0 amide bonds. The van der Waals surface area contributed by atoms with Crippen LogP contribution >= 0.6 is 0 Å². The minimum atomic E-state index is 0.397. The molecule has 1 heterocycles. The van der Waals surface area contributed by atoms with E-state index >= 15 is 0 Å². The predicted octanol–water partition coefficient (Wildman–Crippen LogP) is 3.30. The Balaban J connectivity index is 2.01. The Bertz CT molecular complexity index is 512. The van der Waals surface area contributed by atoms with Crippen molar-refractivity contribution in [1.29, 1.82) is 0 Å². The normalized spacial score (nSPS) is 17.2. The van der Waals surface area contributed by atoms with E-state index in [9.17, 15) is 0 Å². The van der Waals surface area contributed by atoms with Gasteiger partial charge in [0, 0.05) is 11.6 Å². The summed E-state index contributed by atoms with van der Waals surface area (Å²) in [5.41, 5.74) is 1.21. The highest BCUT2D eigenvalue weighted by atomic mass is 14.9. The van der Waals surface area contributed by atoms with E-state index in [0.29, 0.717) is 6.04 Å². The van der Waals surface area contributed by atoms with E-state index in [0.717, 1.165) is 5.92 Å². The molecule has 0 spiro atoms. The first-order chi connectivity index (χ1) is 8.38. The molecule has 1 saturated carbocycles. The van der Waals surface area contributed by atoms with Crippen molar-refractivity contribution < 1.29 is 0 Å². The van der Waals surface area contributed by atoms with Gasteiger partial charge < -0.3 is 5.32 Å². The van der Waals surface area contributed by atoms with Crippen molar-refractivity contribution in [2.45, 2.75) is 25.3 Å². The van der Waals surface area contributed by atoms with Gasteiger partial charge in [0.1, 0.15) is 0 Å². The van der Waals surface area contributed by atoms with E-state index in [2.05, 4.69) is 40.6 Å². The van der Waals surface area contributed by atoms with Crippen LogP contribution in [0.15, 0.2) is 36.5 Å². The molecule has 2 nitrogen and oxygen atoms in total. The van der Waals surface area contributed by atoms with Crippen LogP contribution in [0.2, 0.25) is 0 Å². The monoisotopic (exact) mass is 226 g/mol. The van der Waals surface area contributed by atoms with Gasteiger partial charge >= 0.3 is 0 Å². The van der Waals surface area contributed by atoms with Gasteiger partial charge in [0.25, 0.3) is 0 Å². The van der Waals surface area contributed by atoms with Crippen LogP contribution in [0.3, 0.4) is 0 Å². The standard InChI is InChI=1S/C15H18N2/c1-16-14(10-11-6-7-11)15-13-5-3-2-4-12(13)8-9-17-15/h2-5,8-9,11,14,16H,6-7,10H2,1H3. The second-order valence-electron chi connectivity index (χ2n) is 4.94. The van der Waals surface area contributed by atoms with Gasteiger partial charge in [-0.2, -0.15) is 0 Å². The second kappa shape index (κ2) is 4.46. The van der Waals surface area contributed by atoms with Gasteiger partial charge in [-0.3, -0.25) is 4.98 Å². The lowest BCUT2D eigenvalue weighted by Gasteiger charge is -2.17. The molecule has 88 valence electrons. The molecule has 1 aromatic heterocycles. The van der Waals surface area contributed by atoms with Gasteiger partial charge in [0.05, 0.1) is 11.7 Å². The van der Waals surface area contributed by atoms with Crippen LogP contribution in [-0.2, 0) is 0 Å². The first-order valence-corrected chi connectivity index (χ1v) is 6.39. The van der Waals surface area contributed by atoms with Crippen molar-refractivity contribution in [3.05, 3.63) is 42.2 Å². The van der Waals surface area contributed by atoms with E-state index in [1.807, 2.05) is 13.2 Å². The molecular weight excluding hydrogens is 208 g/mol. The summed E-state index contributed by atoms with van der Waals surface area (Å²) >= 11 is 0. The molecule has 17 heavy (non-hydrogen) atoms. The van der Waals surface area contributed by atoms with E-state index in [1.54, 1.807) is 0 Å². The number of rotatable bonds is 4. The lowest BCUT2D eigenvalue weighted by molar-refractivity contribution is 0.507. The summed E-state index contributed by atoms with van der Waals surface area (Å²) in [7, 11) is 2.04. The van der Waals surface area contributed by atoms with Gasteiger partial charge in [0.15, 0.2) is 0 Å². The molecule has 0 aliphatic heterocycles. The number of hydrogen-bond donors (Lipinski definition) is 1. The number of aromatic nitrogens is 1. The third-order valence-corrected chi connectivity index (χ3v) is 3.65. The van der Waals surface area contributed by atoms with Crippen LogP contribution in [-0.4, -0.2) is 12.0 Å². The second-order valence-corrected chi connectivity index (χ2v) is 4.94. The van der Waals surface area contributed by atoms with Crippen LogP contribution in [0, 0.1) is 5.92 Å². The van der Waals surface area contributed by atoms with Crippen LogP contribution in [0.5, 0.6) is 0 Å². The summed E-state index contributed by atoms with van der Waals surface area (Å²) in [4.78, 5) is 4.60. The predicted molar refractivity (Wildman–Crippen MR) is 70.9 cm³/mol. The molecule has 0 saturated heterocycles. The summed E-state index contributed by atoms with van der Waals surface area (Å²) in [6, 6.07) is 11.0. The largest absolute Gasteiger partial charge is 0.312 e. The summed E-state index contributed by atoms with van der Waals surface area (Å²) in [6.45, 7) is 0. The molecule has 1 aliphatic rings. The smallest absolute Gasteiger partial charge is 0.0651 e. The van der Waals surface area contributed by atoms with E-state index < -0.39 is 0 Å². The SMILES string of the molecule is CNC(CC1CC1)c1nccc2ccccc12. The Morgan fingerprint density at radius 1 is 1.29 bits per heavy atom. The summed E-state index contributed by atoms with van der Waals surface area (Å²) in [6.07, 6.45) is 5.93. The topological polar surface area (TPSA) is 24.9 Å². The minimum absolute atomic E-state index is 0.397. The molecule has 1 unspecified atom stereocenters. The lowest BCUT2D eigenvalue weighted by Crippen LogP contribution is -2.18. The molecule has 0 bridgehead atoms. The Hall–Kier alpha value is -1.41. The molecule has 2 aromatic rings. The fourth-order valence-corrected chi connectivity index (χ4v) is 2.47. The average molecular weight is 226 g/mol. The Kier molecular flexibility index (Phi) is 2.81. The maximum Gasteiger partial charge on any atom is 0.0651 e. The Morgan fingerprint density at radius 2 is 2.12 bits per heavy atom. The maximum atomic E-state index is 4.60. The van der Waals surface area contributed by atoms with Gasteiger partial charge in [-0.25, -0.2) is 0 Å². The molecule has 1 N–H and O–H groups in total. The zero-order valence-corrected chi connectivity index (χ0v) is 10.2. The minimum Gasteiger partial charge on any atom is -0.312 e. The van der Waals surface area contributed by atoms with Gasteiger partial charge in [-0.15, -0.1) is 0 Å².